The molecule has 3 nitrogen and oxygen atoms in total. The Bertz CT molecular complexity index is 618. The molecule has 2 unspecified atom stereocenters. The van der Waals surface area contributed by atoms with Gasteiger partial charge in [0.1, 0.15) is 0 Å². The largest absolute Gasteiger partial charge is 0.464 e. The molecule has 0 bridgehead atoms. The smallest absolute Gasteiger partial charge is 0.342 e. The zero-order valence-electron chi connectivity index (χ0n) is 16.4. The number of benzene rings is 1. The third-order valence-corrected chi connectivity index (χ3v) is 4.76. The van der Waals surface area contributed by atoms with E-state index in [0.29, 0.717) is 13.0 Å². The second-order valence-corrected chi connectivity index (χ2v) is 6.95. The molecule has 26 heavy (non-hydrogen) atoms. The van der Waals surface area contributed by atoms with Gasteiger partial charge in [-0.25, -0.2) is 4.79 Å². The fourth-order valence-electron chi connectivity index (χ4n) is 3.28. The maximum absolute atomic E-state index is 12.6. The first kappa shape index (κ1) is 20.4. The van der Waals surface area contributed by atoms with Gasteiger partial charge < -0.3 is 9.47 Å². The Hall–Kier alpha value is -1.87. The Morgan fingerprint density at radius 3 is 2.54 bits per heavy atom. The standard InChI is InChI=1S/C23H32O3/c1-4-6-7-9-12-19(3)26-23(22(24)25-5-2)17-15-21(16-18-23)20-13-10-8-11-14-20/h8,10-11,13-17,19H,4-7,9,12,18H2,1-3H3. The quantitative estimate of drug-likeness (QED) is 0.398. The summed E-state index contributed by atoms with van der Waals surface area (Å²) in [6.07, 6.45) is 12.2. The summed E-state index contributed by atoms with van der Waals surface area (Å²) in [7, 11) is 0. The molecule has 0 fully saturated rings. The van der Waals surface area contributed by atoms with Crippen molar-refractivity contribution in [1.29, 1.82) is 0 Å². The highest BCUT2D eigenvalue weighted by atomic mass is 16.6. The molecule has 2 atom stereocenters. The number of esters is 1. The van der Waals surface area contributed by atoms with Gasteiger partial charge in [0, 0.05) is 6.42 Å². The Morgan fingerprint density at radius 1 is 1.15 bits per heavy atom. The lowest BCUT2D eigenvalue weighted by molar-refractivity contribution is -0.171. The summed E-state index contributed by atoms with van der Waals surface area (Å²) in [5, 5.41) is 0. The molecule has 1 aliphatic rings. The van der Waals surface area contributed by atoms with Gasteiger partial charge >= 0.3 is 5.97 Å². The monoisotopic (exact) mass is 356 g/mol. The van der Waals surface area contributed by atoms with E-state index in [9.17, 15) is 4.79 Å². The van der Waals surface area contributed by atoms with Gasteiger partial charge in [0.05, 0.1) is 12.7 Å². The molecule has 0 saturated heterocycles. The van der Waals surface area contributed by atoms with E-state index in [4.69, 9.17) is 9.47 Å². The van der Waals surface area contributed by atoms with Crippen molar-refractivity contribution in [2.24, 2.45) is 0 Å². The van der Waals surface area contributed by atoms with E-state index in [-0.39, 0.29) is 12.1 Å². The van der Waals surface area contributed by atoms with Gasteiger partial charge in [-0.05, 0) is 37.5 Å². The van der Waals surface area contributed by atoms with Crippen LogP contribution in [0.25, 0.3) is 5.57 Å². The second-order valence-electron chi connectivity index (χ2n) is 6.95. The average Bonchev–Trinajstić information content (AvgIpc) is 2.67. The van der Waals surface area contributed by atoms with Gasteiger partial charge in [-0.15, -0.1) is 0 Å². The topological polar surface area (TPSA) is 35.5 Å². The molecule has 1 aromatic rings. The van der Waals surface area contributed by atoms with Crippen molar-refractivity contribution in [1.82, 2.24) is 0 Å². The van der Waals surface area contributed by atoms with Crippen molar-refractivity contribution in [3.05, 3.63) is 54.1 Å². The number of carbonyl (C=O) groups excluding carboxylic acids is 1. The van der Waals surface area contributed by atoms with Gasteiger partial charge in [0.2, 0.25) is 0 Å². The summed E-state index contributed by atoms with van der Waals surface area (Å²) >= 11 is 0. The minimum Gasteiger partial charge on any atom is -0.464 e. The lowest BCUT2D eigenvalue weighted by Crippen LogP contribution is -2.44. The predicted molar refractivity (Wildman–Crippen MR) is 107 cm³/mol. The molecule has 1 aliphatic carbocycles. The van der Waals surface area contributed by atoms with Gasteiger partial charge in [-0.2, -0.15) is 0 Å². The SMILES string of the molecule is CCCCCCC(C)OC1(C(=O)OCC)C=CC(c2ccccc2)=CC1. The minimum absolute atomic E-state index is 0.0209. The number of hydrogen-bond acceptors (Lipinski definition) is 3. The molecule has 0 aliphatic heterocycles. The van der Waals surface area contributed by atoms with Crippen LogP contribution in [0.1, 0.15) is 64.9 Å². The third kappa shape index (κ3) is 5.57. The lowest BCUT2D eigenvalue weighted by atomic mass is 9.89. The zero-order chi connectivity index (χ0) is 18.8. The predicted octanol–water partition coefficient (Wildman–Crippen LogP) is 5.71. The van der Waals surface area contributed by atoms with Crippen LogP contribution >= 0.6 is 0 Å². The number of carbonyl (C=O) groups is 1. The van der Waals surface area contributed by atoms with Gasteiger partial charge in [0.15, 0.2) is 5.60 Å². The van der Waals surface area contributed by atoms with Crippen LogP contribution < -0.4 is 0 Å². The Labute approximate surface area is 158 Å². The highest BCUT2D eigenvalue weighted by Gasteiger charge is 2.40. The highest BCUT2D eigenvalue weighted by molar-refractivity contribution is 5.86. The van der Waals surface area contributed by atoms with E-state index in [1.165, 1.54) is 19.3 Å². The zero-order valence-corrected chi connectivity index (χ0v) is 16.4. The maximum atomic E-state index is 12.6. The molecule has 142 valence electrons. The second kappa shape index (κ2) is 10.3. The van der Waals surface area contributed by atoms with Crippen LogP contribution in [0.3, 0.4) is 0 Å². The van der Waals surface area contributed by atoms with Crippen LogP contribution in [0.2, 0.25) is 0 Å². The van der Waals surface area contributed by atoms with E-state index in [1.54, 1.807) is 0 Å². The fraction of sp³-hybridized carbons (Fsp3) is 0.522. The van der Waals surface area contributed by atoms with Crippen LogP contribution in [0.4, 0.5) is 0 Å². The molecule has 1 aromatic carbocycles. The van der Waals surface area contributed by atoms with Crippen molar-refractivity contribution in [3.8, 4) is 0 Å². The van der Waals surface area contributed by atoms with Crippen molar-refractivity contribution in [2.75, 3.05) is 6.61 Å². The molecular weight excluding hydrogens is 324 g/mol. The number of ether oxygens (including phenoxy) is 2. The normalized spacial score (nSPS) is 20.5. The Kier molecular flexibility index (Phi) is 8.11. The molecular formula is C23H32O3. The summed E-state index contributed by atoms with van der Waals surface area (Å²) in [4.78, 5) is 12.6. The van der Waals surface area contributed by atoms with Gasteiger partial charge in [-0.3, -0.25) is 0 Å². The van der Waals surface area contributed by atoms with E-state index in [2.05, 4.69) is 32.1 Å². The molecule has 0 amide bonds. The van der Waals surface area contributed by atoms with Crippen LogP contribution in [-0.4, -0.2) is 24.3 Å². The summed E-state index contributed by atoms with van der Waals surface area (Å²) < 4.78 is 11.6. The Balaban J connectivity index is 2.07. The molecule has 2 rings (SSSR count). The summed E-state index contributed by atoms with van der Waals surface area (Å²) in [5.41, 5.74) is 1.26. The molecule has 0 N–H and O–H groups in total. The van der Waals surface area contributed by atoms with Crippen LogP contribution in [0, 0.1) is 0 Å². The van der Waals surface area contributed by atoms with Gasteiger partial charge in [0.25, 0.3) is 0 Å². The lowest BCUT2D eigenvalue weighted by Gasteiger charge is -2.33. The number of unbranched alkanes of at least 4 members (excludes halogenated alkanes) is 3. The van der Waals surface area contributed by atoms with Crippen molar-refractivity contribution in [3.63, 3.8) is 0 Å². The molecule has 0 aromatic heterocycles. The van der Waals surface area contributed by atoms with Crippen LogP contribution in [0.5, 0.6) is 0 Å². The molecule has 0 radical (unpaired) electrons. The molecule has 3 heteroatoms. The van der Waals surface area contributed by atoms with E-state index in [1.807, 2.05) is 37.3 Å². The minimum atomic E-state index is -1.00. The molecule has 0 saturated carbocycles. The van der Waals surface area contributed by atoms with Crippen LogP contribution in [-0.2, 0) is 14.3 Å². The first-order valence-corrected chi connectivity index (χ1v) is 9.91. The summed E-state index contributed by atoms with van der Waals surface area (Å²) in [6.45, 7) is 6.45. The van der Waals surface area contributed by atoms with Crippen molar-refractivity contribution >= 4 is 11.5 Å². The third-order valence-electron chi connectivity index (χ3n) is 4.76. The first-order chi connectivity index (χ1) is 12.6. The number of rotatable bonds is 10. The average molecular weight is 357 g/mol. The van der Waals surface area contributed by atoms with Crippen molar-refractivity contribution < 1.29 is 14.3 Å². The van der Waals surface area contributed by atoms with E-state index < -0.39 is 5.60 Å². The number of allylic oxidation sites excluding steroid dienone is 2. The molecule has 0 heterocycles. The molecule has 0 spiro atoms. The summed E-state index contributed by atoms with van der Waals surface area (Å²) in [6, 6.07) is 10.2. The van der Waals surface area contributed by atoms with Gasteiger partial charge in [-0.1, -0.05) is 75.1 Å². The maximum Gasteiger partial charge on any atom is 0.342 e. The van der Waals surface area contributed by atoms with E-state index >= 15 is 0 Å². The van der Waals surface area contributed by atoms with Crippen LogP contribution in [0.15, 0.2) is 48.6 Å². The highest BCUT2D eigenvalue weighted by Crippen LogP contribution is 2.32. The van der Waals surface area contributed by atoms with Crippen molar-refractivity contribution in [2.45, 2.75) is 71.0 Å². The first-order valence-electron chi connectivity index (χ1n) is 9.91. The Morgan fingerprint density at radius 2 is 1.92 bits per heavy atom. The van der Waals surface area contributed by atoms with E-state index in [0.717, 1.165) is 24.0 Å². The summed E-state index contributed by atoms with van der Waals surface area (Å²) in [5.74, 6) is -0.292. The fourth-order valence-corrected chi connectivity index (χ4v) is 3.28. The number of hydrogen-bond donors (Lipinski definition) is 0.